The Morgan fingerprint density at radius 3 is 2.50 bits per heavy atom. The van der Waals surface area contributed by atoms with E-state index in [1.54, 1.807) is 0 Å². The number of ketones is 1. The maximum Gasteiger partial charge on any atom is 0.160 e. The van der Waals surface area contributed by atoms with Gasteiger partial charge < -0.3 is 0 Å². The van der Waals surface area contributed by atoms with Crippen LogP contribution in [0.2, 0.25) is 0 Å². The smallest absolute Gasteiger partial charge is 0.160 e. The highest BCUT2D eigenvalue weighted by Crippen LogP contribution is 2.22. The van der Waals surface area contributed by atoms with Gasteiger partial charge in [0.1, 0.15) is 5.25 Å². The number of sulfone groups is 1. The number of hydrogen-bond acceptors (Lipinski definition) is 3. The number of rotatable bonds is 3. The zero-order chi connectivity index (χ0) is 10.8. The fraction of sp³-hybridized carbons (Fsp3) is 0.900. The van der Waals surface area contributed by atoms with Crippen molar-refractivity contribution < 1.29 is 13.2 Å². The van der Waals surface area contributed by atoms with Crippen LogP contribution in [-0.2, 0) is 14.6 Å². The average Bonchev–Trinajstić information content (AvgIpc) is 2.01. The van der Waals surface area contributed by atoms with E-state index in [2.05, 4.69) is 0 Å². The topological polar surface area (TPSA) is 51.2 Å². The number of Topliss-reactive ketones (excluding diaryl/α,β-unsaturated/α-hetero) is 1. The van der Waals surface area contributed by atoms with Gasteiger partial charge in [-0.25, -0.2) is 8.42 Å². The fourth-order valence-electron chi connectivity index (χ4n) is 1.85. The summed E-state index contributed by atoms with van der Waals surface area (Å²) >= 11 is 0. The first kappa shape index (κ1) is 11.7. The van der Waals surface area contributed by atoms with Gasteiger partial charge in [0.25, 0.3) is 0 Å². The van der Waals surface area contributed by atoms with Crippen LogP contribution in [-0.4, -0.2) is 25.2 Å². The van der Waals surface area contributed by atoms with Gasteiger partial charge in [0.2, 0.25) is 0 Å². The van der Waals surface area contributed by atoms with E-state index in [9.17, 15) is 13.2 Å². The highest BCUT2D eigenvalue weighted by molar-refractivity contribution is 7.92. The molecule has 0 radical (unpaired) electrons. The quantitative estimate of drug-likeness (QED) is 0.722. The van der Waals surface area contributed by atoms with E-state index in [1.807, 2.05) is 13.8 Å². The molecule has 0 N–H and O–H groups in total. The Morgan fingerprint density at radius 1 is 1.36 bits per heavy atom. The summed E-state index contributed by atoms with van der Waals surface area (Å²) in [6, 6.07) is 0. The third-order valence-electron chi connectivity index (χ3n) is 2.55. The lowest BCUT2D eigenvalue weighted by molar-refractivity contribution is -0.119. The summed E-state index contributed by atoms with van der Waals surface area (Å²) in [7, 11) is -3.12. The second-order valence-electron chi connectivity index (χ2n) is 4.42. The van der Waals surface area contributed by atoms with Crippen LogP contribution >= 0.6 is 0 Å². The van der Waals surface area contributed by atoms with E-state index in [0.717, 1.165) is 6.42 Å². The van der Waals surface area contributed by atoms with Crippen LogP contribution in [0.15, 0.2) is 0 Å². The summed E-state index contributed by atoms with van der Waals surface area (Å²) in [5.74, 6) is 0.362. The second-order valence-corrected chi connectivity index (χ2v) is 6.72. The van der Waals surface area contributed by atoms with Gasteiger partial charge in [-0.1, -0.05) is 20.3 Å². The summed E-state index contributed by atoms with van der Waals surface area (Å²) in [6.45, 7) is 3.88. The van der Waals surface area contributed by atoms with Crippen LogP contribution < -0.4 is 0 Å². The highest BCUT2D eigenvalue weighted by atomic mass is 32.2. The zero-order valence-electron chi connectivity index (χ0n) is 8.82. The van der Waals surface area contributed by atoms with E-state index in [1.165, 1.54) is 0 Å². The minimum absolute atomic E-state index is 0.0836. The van der Waals surface area contributed by atoms with Gasteiger partial charge in [0, 0.05) is 6.42 Å². The molecule has 1 heterocycles. The lowest BCUT2D eigenvalue weighted by atomic mass is 10.0. The van der Waals surface area contributed by atoms with Gasteiger partial charge in [0.05, 0.1) is 5.75 Å². The molecule has 3 nitrogen and oxygen atoms in total. The van der Waals surface area contributed by atoms with E-state index < -0.39 is 15.1 Å². The van der Waals surface area contributed by atoms with Crippen molar-refractivity contribution in [2.75, 3.05) is 5.75 Å². The number of carbonyl (C=O) groups excluding carboxylic acids is 1. The molecule has 1 atom stereocenters. The summed E-state index contributed by atoms with van der Waals surface area (Å²) in [6.07, 6.45) is 2.51. The van der Waals surface area contributed by atoms with Gasteiger partial charge in [-0.05, 0) is 18.8 Å². The molecule has 0 bridgehead atoms. The van der Waals surface area contributed by atoms with Crippen molar-refractivity contribution in [3.63, 3.8) is 0 Å². The molecular weight excluding hydrogens is 200 g/mol. The van der Waals surface area contributed by atoms with Gasteiger partial charge in [-0.15, -0.1) is 0 Å². The largest absolute Gasteiger partial charge is 0.298 e. The van der Waals surface area contributed by atoms with Crippen molar-refractivity contribution in [1.29, 1.82) is 0 Å². The maximum atomic E-state index is 11.6. The van der Waals surface area contributed by atoms with Gasteiger partial charge in [-0.3, -0.25) is 4.79 Å². The first-order valence-electron chi connectivity index (χ1n) is 5.18. The molecule has 0 amide bonds. The molecule has 0 aromatic rings. The Kier molecular flexibility index (Phi) is 3.70. The molecule has 0 aliphatic carbocycles. The minimum atomic E-state index is -3.12. The monoisotopic (exact) mass is 218 g/mol. The molecule has 0 aromatic heterocycles. The highest BCUT2D eigenvalue weighted by Gasteiger charge is 2.34. The van der Waals surface area contributed by atoms with Crippen molar-refractivity contribution >= 4 is 15.6 Å². The van der Waals surface area contributed by atoms with E-state index in [-0.39, 0.29) is 17.5 Å². The third kappa shape index (κ3) is 2.80. The van der Waals surface area contributed by atoms with Crippen LogP contribution in [0.25, 0.3) is 0 Å². The first-order chi connectivity index (χ1) is 6.43. The molecule has 1 aliphatic heterocycles. The summed E-state index contributed by atoms with van der Waals surface area (Å²) < 4.78 is 23.2. The van der Waals surface area contributed by atoms with Crippen LogP contribution in [0.4, 0.5) is 0 Å². The van der Waals surface area contributed by atoms with E-state index >= 15 is 0 Å². The zero-order valence-corrected chi connectivity index (χ0v) is 9.64. The van der Waals surface area contributed by atoms with Crippen molar-refractivity contribution in [3.8, 4) is 0 Å². The normalized spacial score (nSPS) is 26.4. The Labute approximate surface area is 85.8 Å². The Morgan fingerprint density at radius 2 is 2.00 bits per heavy atom. The summed E-state index contributed by atoms with van der Waals surface area (Å²) in [5.41, 5.74) is 0. The molecule has 0 spiro atoms. The molecule has 1 rings (SSSR count). The molecule has 0 saturated carbocycles. The molecule has 1 saturated heterocycles. The molecule has 82 valence electrons. The van der Waals surface area contributed by atoms with Gasteiger partial charge >= 0.3 is 0 Å². The molecular formula is C10H18O3S. The molecule has 14 heavy (non-hydrogen) atoms. The Hall–Kier alpha value is -0.380. The molecule has 1 unspecified atom stereocenters. The van der Waals surface area contributed by atoms with Crippen LogP contribution in [0.3, 0.4) is 0 Å². The summed E-state index contributed by atoms with van der Waals surface area (Å²) in [5, 5.41) is -0.696. The first-order valence-corrected chi connectivity index (χ1v) is 6.89. The van der Waals surface area contributed by atoms with Crippen molar-refractivity contribution in [3.05, 3.63) is 0 Å². The molecule has 1 aliphatic rings. The van der Waals surface area contributed by atoms with Crippen molar-refractivity contribution in [2.45, 2.75) is 44.8 Å². The number of carbonyl (C=O) groups is 1. The SMILES string of the molecule is CC(C)CC(=O)C1CCCCS1(=O)=O. The summed E-state index contributed by atoms with van der Waals surface area (Å²) in [4.78, 5) is 11.6. The van der Waals surface area contributed by atoms with Crippen LogP contribution in [0.1, 0.15) is 39.5 Å². The van der Waals surface area contributed by atoms with Gasteiger partial charge in [0.15, 0.2) is 15.6 Å². The fourth-order valence-corrected chi connectivity index (χ4v) is 3.76. The van der Waals surface area contributed by atoms with Crippen molar-refractivity contribution in [1.82, 2.24) is 0 Å². The molecule has 4 heteroatoms. The molecule has 1 fully saturated rings. The van der Waals surface area contributed by atoms with Gasteiger partial charge in [-0.2, -0.15) is 0 Å². The second kappa shape index (κ2) is 4.43. The van der Waals surface area contributed by atoms with Crippen molar-refractivity contribution in [2.24, 2.45) is 5.92 Å². The third-order valence-corrected chi connectivity index (χ3v) is 4.77. The van der Waals surface area contributed by atoms with Crippen LogP contribution in [0.5, 0.6) is 0 Å². The van der Waals surface area contributed by atoms with Crippen LogP contribution in [0, 0.1) is 5.92 Å². The Balaban J connectivity index is 2.70. The van der Waals surface area contributed by atoms with E-state index in [4.69, 9.17) is 0 Å². The predicted octanol–water partition coefficient (Wildman–Crippen LogP) is 1.57. The standard InChI is InChI=1S/C10H18O3S/c1-8(2)7-9(11)10-5-3-4-6-14(10,12)13/h8,10H,3-7H2,1-2H3. The Bertz CT molecular complexity index is 303. The van der Waals surface area contributed by atoms with E-state index in [0.29, 0.717) is 19.3 Å². The molecule has 0 aromatic carbocycles. The number of hydrogen-bond donors (Lipinski definition) is 0. The lowest BCUT2D eigenvalue weighted by Gasteiger charge is -2.21. The average molecular weight is 218 g/mol. The predicted molar refractivity (Wildman–Crippen MR) is 55.9 cm³/mol. The lowest BCUT2D eigenvalue weighted by Crippen LogP contribution is -2.35. The maximum absolute atomic E-state index is 11.6. The minimum Gasteiger partial charge on any atom is -0.298 e.